The lowest BCUT2D eigenvalue weighted by molar-refractivity contribution is -0.0635. The first-order chi connectivity index (χ1) is 6.02. The van der Waals surface area contributed by atoms with Crippen molar-refractivity contribution < 1.29 is 0 Å². The van der Waals surface area contributed by atoms with Crippen LogP contribution < -0.4 is 0 Å². The van der Waals surface area contributed by atoms with Crippen molar-refractivity contribution in [2.24, 2.45) is 5.41 Å². The zero-order chi connectivity index (χ0) is 9.53. The molecule has 0 aromatic carbocycles. The SMILES string of the molecule is CC(C)(C)N1CC2(CC=CCC2)C1. The third-order valence-electron chi connectivity index (χ3n) is 3.56. The molecule has 1 fully saturated rings. The van der Waals surface area contributed by atoms with E-state index < -0.39 is 0 Å². The Morgan fingerprint density at radius 1 is 1.15 bits per heavy atom. The van der Waals surface area contributed by atoms with E-state index in [-0.39, 0.29) is 0 Å². The number of hydrogen-bond donors (Lipinski definition) is 0. The van der Waals surface area contributed by atoms with Crippen molar-refractivity contribution in [2.45, 2.75) is 45.6 Å². The predicted octanol–water partition coefficient (Wildman–Crippen LogP) is 2.83. The van der Waals surface area contributed by atoms with E-state index in [1.807, 2.05) is 0 Å². The normalized spacial score (nSPS) is 27.6. The molecule has 0 amide bonds. The Labute approximate surface area is 81.8 Å². The number of hydrogen-bond acceptors (Lipinski definition) is 1. The molecule has 0 bridgehead atoms. The molecule has 1 heteroatoms. The Kier molecular flexibility index (Phi) is 2.03. The highest BCUT2D eigenvalue weighted by Gasteiger charge is 2.45. The van der Waals surface area contributed by atoms with E-state index in [4.69, 9.17) is 0 Å². The number of allylic oxidation sites excluding steroid dienone is 2. The maximum Gasteiger partial charge on any atom is 0.0125 e. The molecule has 1 nitrogen and oxygen atoms in total. The molecule has 13 heavy (non-hydrogen) atoms. The molecule has 0 aromatic rings. The standard InChI is InChI=1S/C12H21N/c1-11(2,3)13-9-12(10-13)7-5-4-6-8-12/h4-5H,6-10H2,1-3H3. The van der Waals surface area contributed by atoms with Gasteiger partial charge in [-0.25, -0.2) is 0 Å². The van der Waals surface area contributed by atoms with Gasteiger partial charge in [0, 0.05) is 18.6 Å². The topological polar surface area (TPSA) is 3.24 Å². The maximum absolute atomic E-state index is 2.60. The van der Waals surface area contributed by atoms with Crippen LogP contribution in [0.1, 0.15) is 40.0 Å². The van der Waals surface area contributed by atoms with Crippen LogP contribution in [0.2, 0.25) is 0 Å². The van der Waals surface area contributed by atoms with Gasteiger partial charge in [0.2, 0.25) is 0 Å². The van der Waals surface area contributed by atoms with Crippen molar-refractivity contribution in [2.75, 3.05) is 13.1 Å². The van der Waals surface area contributed by atoms with Gasteiger partial charge in [-0.15, -0.1) is 0 Å². The second-order valence-electron chi connectivity index (χ2n) is 5.74. The van der Waals surface area contributed by atoms with Crippen LogP contribution in [0.3, 0.4) is 0 Å². The zero-order valence-electron chi connectivity index (χ0n) is 9.14. The average Bonchev–Trinajstić information content (AvgIpc) is 2.00. The number of nitrogens with zero attached hydrogens (tertiary/aromatic N) is 1. The van der Waals surface area contributed by atoms with Crippen LogP contribution >= 0.6 is 0 Å². The first-order valence-corrected chi connectivity index (χ1v) is 5.42. The van der Waals surface area contributed by atoms with E-state index in [2.05, 4.69) is 37.8 Å². The fourth-order valence-corrected chi connectivity index (χ4v) is 2.47. The van der Waals surface area contributed by atoms with Gasteiger partial charge in [0.1, 0.15) is 0 Å². The third-order valence-corrected chi connectivity index (χ3v) is 3.56. The molecule has 0 unspecified atom stereocenters. The molecule has 0 saturated carbocycles. The van der Waals surface area contributed by atoms with Gasteiger partial charge < -0.3 is 0 Å². The second-order valence-corrected chi connectivity index (χ2v) is 5.74. The number of likely N-dealkylation sites (tertiary alicyclic amines) is 1. The molecular weight excluding hydrogens is 158 g/mol. The minimum atomic E-state index is 0.381. The minimum absolute atomic E-state index is 0.381. The van der Waals surface area contributed by atoms with Gasteiger partial charge >= 0.3 is 0 Å². The highest BCUT2D eigenvalue weighted by molar-refractivity contribution is 5.07. The van der Waals surface area contributed by atoms with Crippen molar-refractivity contribution in [3.8, 4) is 0 Å². The minimum Gasteiger partial charge on any atom is -0.297 e. The smallest absolute Gasteiger partial charge is 0.0125 e. The van der Waals surface area contributed by atoms with Crippen LogP contribution in [0.4, 0.5) is 0 Å². The van der Waals surface area contributed by atoms with E-state index in [9.17, 15) is 0 Å². The van der Waals surface area contributed by atoms with Crippen LogP contribution in [-0.4, -0.2) is 23.5 Å². The van der Waals surface area contributed by atoms with Crippen molar-refractivity contribution in [1.82, 2.24) is 4.90 Å². The quantitative estimate of drug-likeness (QED) is 0.517. The van der Waals surface area contributed by atoms with Crippen molar-refractivity contribution in [3.05, 3.63) is 12.2 Å². The molecular formula is C12H21N. The Morgan fingerprint density at radius 2 is 1.85 bits per heavy atom. The highest BCUT2D eigenvalue weighted by Crippen LogP contribution is 2.43. The Bertz CT molecular complexity index is 216. The molecule has 1 spiro atoms. The van der Waals surface area contributed by atoms with E-state index >= 15 is 0 Å². The van der Waals surface area contributed by atoms with Crippen molar-refractivity contribution in [1.29, 1.82) is 0 Å². The van der Waals surface area contributed by atoms with E-state index in [0.717, 1.165) is 0 Å². The van der Waals surface area contributed by atoms with Crippen LogP contribution in [0, 0.1) is 5.41 Å². The van der Waals surface area contributed by atoms with Crippen molar-refractivity contribution >= 4 is 0 Å². The largest absolute Gasteiger partial charge is 0.297 e. The molecule has 0 radical (unpaired) electrons. The summed E-state index contributed by atoms with van der Waals surface area (Å²) >= 11 is 0. The molecule has 1 aliphatic heterocycles. The summed E-state index contributed by atoms with van der Waals surface area (Å²) in [4.78, 5) is 2.60. The van der Waals surface area contributed by atoms with Crippen LogP contribution in [0.25, 0.3) is 0 Å². The van der Waals surface area contributed by atoms with E-state index in [1.165, 1.54) is 32.4 Å². The van der Waals surface area contributed by atoms with Gasteiger partial charge in [-0.1, -0.05) is 12.2 Å². The Morgan fingerprint density at radius 3 is 2.31 bits per heavy atom. The molecule has 1 heterocycles. The highest BCUT2D eigenvalue weighted by atomic mass is 15.3. The lowest BCUT2D eigenvalue weighted by Crippen LogP contribution is -2.62. The summed E-state index contributed by atoms with van der Waals surface area (Å²) in [6.07, 6.45) is 8.75. The monoisotopic (exact) mass is 179 g/mol. The van der Waals surface area contributed by atoms with E-state index in [1.54, 1.807) is 0 Å². The molecule has 1 aliphatic carbocycles. The van der Waals surface area contributed by atoms with Crippen LogP contribution in [0.15, 0.2) is 12.2 Å². The summed E-state index contributed by atoms with van der Waals surface area (Å²) in [5, 5.41) is 0. The molecule has 1 saturated heterocycles. The predicted molar refractivity (Wildman–Crippen MR) is 56.8 cm³/mol. The molecule has 0 N–H and O–H groups in total. The van der Waals surface area contributed by atoms with Gasteiger partial charge in [-0.05, 0) is 45.4 Å². The zero-order valence-corrected chi connectivity index (χ0v) is 9.14. The first-order valence-electron chi connectivity index (χ1n) is 5.42. The maximum atomic E-state index is 2.60. The summed E-state index contributed by atoms with van der Waals surface area (Å²) in [5.41, 5.74) is 1.05. The summed E-state index contributed by atoms with van der Waals surface area (Å²) in [7, 11) is 0. The summed E-state index contributed by atoms with van der Waals surface area (Å²) in [5.74, 6) is 0. The average molecular weight is 179 g/mol. The van der Waals surface area contributed by atoms with Crippen LogP contribution in [-0.2, 0) is 0 Å². The second kappa shape index (κ2) is 2.84. The molecule has 0 atom stereocenters. The fourth-order valence-electron chi connectivity index (χ4n) is 2.47. The molecule has 0 aromatic heterocycles. The van der Waals surface area contributed by atoms with E-state index in [0.29, 0.717) is 11.0 Å². The summed E-state index contributed by atoms with van der Waals surface area (Å²) in [6, 6.07) is 0. The third kappa shape index (κ3) is 1.67. The fraction of sp³-hybridized carbons (Fsp3) is 0.833. The lowest BCUT2D eigenvalue weighted by Gasteiger charge is -2.56. The summed E-state index contributed by atoms with van der Waals surface area (Å²) < 4.78 is 0. The van der Waals surface area contributed by atoms with Gasteiger partial charge in [-0.3, -0.25) is 4.90 Å². The van der Waals surface area contributed by atoms with Crippen LogP contribution in [0.5, 0.6) is 0 Å². The summed E-state index contributed by atoms with van der Waals surface area (Å²) in [6.45, 7) is 9.59. The Balaban J connectivity index is 1.93. The first kappa shape index (κ1) is 9.26. The lowest BCUT2D eigenvalue weighted by atomic mass is 9.69. The van der Waals surface area contributed by atoms with Gasteiger partial charge in [0.25, 0.3) is 0 Å². The molecule has 2 aliphatic rings. The van der Waals surface area contributed by atoms with Gasteiger partial charge in [0.05, 0.1) is 0 Å². The Hall–Kier alpha value is -0.300. The van der Waals surface area contributed by atoms with Gasteiger partial charge in [-0.2, -0.15) is 0 Å². The van der Waals surface area contributed by atoms with Gasteiger partial charge in [0.15, 0.2) is 0 Å². The van der Waals surface area contributed by atoms with Crippen molar-refractivity contribution in [3.63, 3.8) is 0 Å². The molecule has 74 valence electrons. The molecule has 2 rings (SSSR count). The number of rotatable bonds is 0.